The standard InChI is InChI=1S/C14H22NO.BrH/c1-14(16)9-10-15(2,3)11-13(14)12-7-5-4-6-8-12;/h4-8,13,16H,9-11H2,1-3H3;1H/q+1;/p-1. The van der Waals surface area contributed by atoms with E-state index in [0.717, 1.165) is 24.0 Å². The maximum absolute atomic E-state index is 10.5. The van der Waals surface area contributed by atoms with E-state index in [-0.39, 0.29) is 22.9 Å². The van der Waals surface area contributed by atoms with E-state index >= 15 is 0 Å². The Labute approximate surface area is 115 Å². The van der Waals surface area contributed by atoms with Crippen LogP contribution < -0.4 is 17.0 Å². The fraction of sp³-hybridized carbons (Fsp3) is 0.571. The molecule has 0 saturated carbocycles. The number of rotatable bonds is 1. The quantitative estimate of drug-likeness (QED) is 0.660. The zero-order chi connectivity index (χ0) is 11.8. The molecule has 1 saturated heterocycles. The molecular formula is C14H22BrNO. The minimum absolute atomic E-state index is 0. The van der Waals surface area contributed by atoms with Crippen LogP contribution in [0.2, 0.25) is 0 Å². The molecule has 96 valence electrons. The highest BCUT2D eigenvalue weighted by Gasteiger charge is 2.43. The summed E-state index contributed by atoms with van der Waals surface area (Å²) in [5.41, 5.74) is 0.702. The van der Waals surface area contributed by atoms with Crippen molar-refractivity contribution < 1.29 is 26.6 Å². The van der Waals surface area contributed by atoms with Crippen LogP contribution >= 0.6 is 0 Å². The van der Waals surface area contributed by atoms with Gasteiger partial charge in [0.25, 0.3) is 0 Å². The number of hydrogen-bond donors (Lipinski definition) is 1. The molecular weight excluding hydrogens is 278 g/mol. The highest BCUT2D eigenvalue weighted by atomic mass is 79.9. The maximum Gasteiger partial charge on any atom is 0.0880 e. The van der Waals surface area contributed by atoms with Crippen LogP contribution in [0, 0.1) is 0 Å². The van der Waals surface area contributed by atoms with E-state index in [1.807, 2.05) is 13.0 Å². The highest BCUT2D eigenvalue weighted by Crippen LogP contribution is 2.37. The van der Waals surface area contributed by atoms with Crippen molar-refractivity contribution in [1.29, 1.82) is 0 Å². The molecule has 2 nitrogen and oxygen atoms in total. The Kier molecular flexibility index (Phi) is 4.39. The molecule has 0 aliphatic carbocycles. The summed E-state index contributed by atoms with van der Waals surface area (Å²) in [6, 6.07) is 10.4. The molecule has 3 heteroatoms. The van der Waals surface area contributed by atoms with Gasteiger partial charge in [-0.05, 0) is 12.5 Å². The smallest absolute Gasteiger partial charge is 0.0880 e. The van der Waals surface area contributed by atoms with Crippen molar-refractivity contribution in [3.8, 4) is 0 Å². The van der Waals surface area contributed by atoms with E-state index in [9.17, 15) is 5.11 Å². The molecule has 0 aromatic heterocycles. The van der Waals surface area contributed by atoms with Crippen molar-refractivity contribution in [2.75, 3.05) is 27.2 Å². The number of hydrogen-bond acceptors (Lipinski definition) is 1. The molecule has 17 heavy (non-hydrogen) atoms. The van der Waals surface area contributed by atoms with Gasteiger partial charge in [-0.15, -0.1) is 0 Å². The van der Waals surface area contributed by atoms with Gasteiger partial charge < -0.3 is 26.6 Å². The Morgan fingerprint density at radius 2 is 1.82 bits per heavy atom. The second-order valence-corrected chi connectivity index (χ2v) is 5.91. The summed E-state index contributed by atoms with van der Waals surface area (Å²) in [4.78, 5) is 0. The Hall–Kier alpha value is -0.380. The number of halogens is 1. The van der Waals surface area contributed by atoms with Crippen molar-refractivity contribution in [2.45, 2.75) is 24.9 Å². The second kappa shape index (κ2) is 5.09. The Bertz CT molecular complexity index is 362. The van der Waals surface area contributed by atoms with Crippen LogP contribution in [0.15, 0.2) is 30.3 Å². The predicted octanol–water partition coefficient (Wildman–Crippen LogP) is -0.995. The van der Waals surface area contributed by atoms with Crippen LogP contribution in [-0.2, 0) is 0 Å². The first kappa shape index (κ1) is 14.7. The first-order valence-electron chi connectivity index (χ1n) is 6.00. The van der Waals surface area contributed by atoms with Gasteiger partial charge in [-0.3, -0.25) is 0 Å². The van der Waals surface area contributed by atoms with E-state index < -0.39 is 5.60 Å². The number of quaternary nitrogens is 1. The summed E-state index contributed by atoms with van der Waals surface area (Å²) in [6.07, 6.45) is 0.875. The summed E-state index contributed by atoms with van der Waals surface area (Å²) < 4.78 is 0.996. The molecule has 0 bridgehead atoms. The average molecular weight is 300 g/mol. The number of nitrogens with zero attached hydrogens (tertiary/aromatic N) is 1. The van der Waals surface area contributed by atoms with Crippen LogP contribution in [0.25, 0.3) is 0 Å². The van der Waals surface area contributed by atoms with Crippen molar-refractivity contribution in [3.05, 3.63) is 35.9 Å². The second-order valence-electron chi connectivity index (χ2n) is 5.91. The molecule has 0 radical (unpaired) electrons. The first-order valence-corrected chi connectivity index (χ1v) is 6.00. The zero-order valence-corrected chi connectivity index (χ0v) is 12.4. The summed E-state index contributed by atoms with van der Waals surface area (Å²) in [7, 11) is 4.48. The molecule has 1 aliphatic heterocycles. The lowest BCUT2D eigenvalue weighted by molar-refractivity contribution is -0.899. The fourth-order valence-electron chi connectivity index (χ4n) is 2.64. The van der Waals surface area contributed by atoms with Gasteiger partial charge in [0.2, 0.25) is 0 Å². The zero-order valence-electron chi connectivity index (χ0n) is 10.9. The van der Waals surface area contributed by atoms with E-state index in [1.165, 1.54) is 5.56 Å². The summed E-state index contributed by atoms with van der Waals surface area (Å²) >= 11 is 0. The number of likely N-dealkylation sites (tertiary alicyclic amines) is 1. The van der Waals surface area contributed by atoms with Gasteiger partial charge in [-0.1, -0.05) is 30.3 Å². The molecule has 1 heterocycles. The number of likely N-dealkylation sites (N-methyl/N-ethyl adjacent to an activating group) is 1. The van der Waals surface area contributed by atoms with E-state index in [1.54, 1.807) is 0 Å². The first-order chi connectivity index (χ1) is 7.41. The van der Waals surface area contributed by atoms with E-state index in [2.05, 4.69) is 38.4 Å². The van der Waals surface area contributed by atoms with E-state index in [0.29, 0.717) is 0 Å². The van der Waals surface area contributed by atoms with Crippen LogP contribution in [-0.4, -0.2) is 42.4 Å². The predicted molar refractivity (Wildman–Crippen MR) is 66.3 cm³/mol. The van der Waals surface area contributed by atoms with Gasteiger partial charge >= 0.3 is 0 Å². The number of piperidine rings is 1. The van der Waals surface area contributed by atoms with Gasteiger partial charge in [-0.25, -0.2) is 0 Å². The molecule has 1 aliphatic rings. The molecule has 1 aromatic carbocycles. The van der Waals surface area contributed by atoms with Gasteiger partial charge in [0.1, 0.15) is 0 Å². The molecule has 1 fully saturated rings. The van der Waals surface area contributed by atoms with Crippen molar-refractivity contribution in [3.63, 3.8) is 0 Å². The van der Waals surface area contributed by atoms with Crippen LogP contribution in [0.4, 0.5) is 0 Å². The van der Waals surface area contributed by atoms with Gasteiger partial charge in [0, 0.05) is 6.42 Å². The van der Waals surface area contributed by atoms with Crippen LogP contribution in [0.1, 0.15) is 24.8 Å². The molecule has 2 unspecified atom stereocenters. The molecule has 0 spiro atoms. The van der Waals surface area contributed by atoms with Gasteiger partial charge in [0.05, 0.1) is 38.7 Å². The molecule has 2 rings (SSSR count). The van der Waals surface area contributed by atoms with Crippen molar-refractivity contribution in [2.24, 2.45) is 0 Å². The molecule has 1 aromatic rings. The largest absolute Gasteiger partial charge is 1.00 e. The van der Waals surface area contributed by atoms with Crippen molar-refractivity contribution in [1.82, 2.24) is 0 Å². The van der Waals surface area contributed by atoms with Gasteiger partial charge in [-0.2, -0.15) is 0 Å². The van der Waals surface area contributed by atoms with Crippen molar-refractivity contribution >= 4 is 0 Å². The molecule has 0 amide bonds. The summed E-state index contributed by atoms with van der Waals surface area (Å²) in [6.45, 7) is 4.04. The topological polar surface area (TPSA) is 20.2 Å². The lowest BCUT2D eigenvalue weighted by Gasteiger charge is -2.45. The third-order valence-corrected chi connectivity index (χ3v) is 3.85. The lowest BCUT2D eigenvalue weighted by atomic mass is 9.77. The van der Waals surface area contributed by atoms with Crippen LogP contribution in [0.3, 0.4) is 0 Å². The third-order valence-electron chi connectivity index (χ3n) is 3.85. The number of benzene rings is 1. The minimum atomic E-state index is -0.560. The Morgan fingerprint density at radius 3 is 2.41 bits per heavy atom. The third kappa shape index (κ3) is 3.30. The summed E-state index contributed by atoms with van der Waals surface area (Å²) in [5.74, 6) is 0.248. The average Bonchev–Trinajstić information content (AvgIpc) is 2.24. The summed E-state index contributed by atoms with van der Waals surface area (Å²) in [5, 5.41) is 10.5. The minimum Gasteiger partial charge on any atom is -1.00 e. The van der Waals surface area contributed by atoms with E-state index in [4.69, 9.17) is 0 Å². The lowest BCUT2D eigenvalue weighted by Crippen LogP contribution is -3.00. The Balaban J connectivity index is 0.00000144. The molecule has 1 N–H and O–H groups in total. The SMILES string of the molecule is CC1(O)CC[N+](C)(C)CC1c1ccccc1.[Br-]. The Morgan fingerprint density at radius 1 is 1.24 bits per heavy atom. The fourth-order valence-corrected chi connectivity index (χ4v) is 2.64. The normalized spacial score (nSPS) is 31.6. The van der Waals surface area contributed by atoms with Gasteiger partial charge in [0.15, 0.2) is 0 Å². The number of aliphatic hydroxyl groups is 1. The maximum atomic E-state index is 10.5. The highest BCUT2D eigenvalue weighted by molar-refractivity contribution is 5.23. The monoisotopic (exact) mass is 299 g/mol. The molecule has 2 atom stereocenters. The van der Waals surface area contributed by atoms with Crippen LogP contribution in [0.5, 0.6) is 0 Å².